The molecule has 0 heterocycles. The molecular formula is C63H102O5. The highest BCUT2D eigenvalue weighted by Gasteiger charge is 2.17. The molecule has 0 amide bonds. The van der Waals surface area contributed by atoms with Gasteiger partial charge in [0.15, 0.2) is 6.10 Å². The zero-order valence-electron chi connectivity index (χ0n) is 44.1. The molecule has 0 radical (unpaired) electrons. The number of allylic oxidation sites excluding steroid dienone is 22. The first-order valence-corrected chi connectivity index (χ1v) is 27.7. The summed E-state index contributed by atoms with van der Waals surface area (Å²) in [5.74, 6) is -0.520. The lowest BCUT2D eigenvalue weighted by Gasteiger charge is -2.18. The highest BCUT2D eigenvalue weighted by Crippen LogP contribution is 2.12. The number of carbonyl (C=O) groups is 2. The lowest BCUT2D eigenvalue weighted by molar-refractivity contribution is -0.162. The van der Waals surface area contributed by atoms with Crippen molar-refractivity contribution in [3.8, 4) is 0 Å². The fourth-order valence-corrected chi connectivity index (χ4v) is 7.11. The van der Waals surface area contributed by atoms with Crippen LogP contribution in [-0.2, 0) is 23.8 Å². The predicted octanol–water partition coefficient (Wildman–Crippen LogP) is 19.1. The summed E-state index contributed by atoms with van der Waals surface area (Å²) in [6.45, 7) is 7.45. The average Bonchev–Trinajstić information content (AvgIpc) is 3.34. The van der Waals surface area contributed by atoms with Gasteiger partial charge in [-0.25, -0.2) is 0 Å². The monoisotopic (exact) mass is 939 g/mol. The summed E-state index contributed by atoms with van der Waals surface area (Å²) in [6, 6.07) is 0. The van der Waals surface area contributed by atoms with Crippen LogP contribution in [0.25, 0.3) is 0 Å². The normalized spacial score (nSPS) is 13.3. The van der Waals surface area contributed by atoms with E-state index >= 15 is 0 Å². The fourth-order valence-electron chi connectivity index (χ4n) is 7.11. The Morgan fingerprint density at radius 1 is 0.338 bits per heavy atom. The zero-order chi connectivity index (χ0) is 49.2. The summed E-state index contributed by atoms with van der Waals surface area (Å²) < 4.78 is 17.4. The number of esters is 2. The third-order valence-corrected chi connectivity index (χ3v) is 11.2. The molecular weight excluding hydrogens is 837 g/mol. The van der Waals surface area contributed by atoms with Crippen LogP contribution in [0.4, 0.5) is 0 Å². The molecule has 0 aliphatic heterocycles. The smallest absolute Gasteiger partial charge is 0.306 e. The number of ether oxygens (including phenoxy) is 3. The van der Waals surface area contributed by atoms with Crippen LogP contribution in [0.15, 0.2) is 134 Å². The molecule has 1 unspecified atom stereocenters. The van der Waals surface area contributed by atoms with Gasteiger partial charge >= 0.3 is 11.9 Å². The van der Waals surface area contributed by atoms with Gasteiger partial charge in [0.25, 0.3) is 0 Å². The number of carbonyl (C=O) groups excluding carboxylic acids is 2. The molecule has 0 fully saturated rings. The number of rotatable bonds is 49. The molecule has 0 saturated heterocycles. The molecule has 0 aliphatic rings. The maximum atomic E-state index is 12.8. The lowest BCUT2D eigenvalue weighted by Crippen LogP contribution is -2.30. The predicted molar refractivity (Wildman–Crippen MR) is 297 cm³/mol. The van der Waals surface area contributed by atoms with Gasteiger partial charge in [0, 0.05) is 19.4 Å². The Kier molecular flexibility index (Phi) is 54.0. The highest BCUT2D eigenvalue weighted by atomic mass is 16.6. The molecule has 5 nitrogen and oxygen atoms in total. The van der Waals surface area contributed by atoms with Crippen LogP contribution < -0.4 is 0 Å². The minimum atomic E-state index is -0.596. The van der Waals surface area contributed by atoms with E-state index in [0.29, 0.717) is 19.4 Å². The third-order valence-electron chi connectivity index (χ3n) is 11.2. The molecule has 0 aromatic rings. The first-order valence-electron chi connectivity index (χ1n) is 27.7. The topological polar surface area (TPSA) is 61.8 Å². The standard InChI is InChI=1S/C63H102O5/c1-4-7-10-13-16-19-22-25-27-29-31-33-35-37-40-43-46-49-52-55-58-66-59-61(68-63(65)57-54-51-48-45-42-38-24-21-18-15-12-9-6-3)60-67-62(64)56-53-50-47-44-41-39-36-34-32-30-28-26-23-20-17-14-11-8-5-2/h8-9,11-12,16-21,25-28,31-34,38,42,48,51,61H,4-7,10,13-15,22-24,29-30,35-37,39-41,43-47,49-50,52-60H2,1-3H3/b11-8-,12-9-,19-16-,20-17-,21-18-,27-25-,28-26-,33-31-,34-32-,42-38-,51-48-. The van der Waals surface area contributed by atoms with Gasteiger partial charge in [-0.3, -0.25) is 9.59 Å². The van der Waals surface area contributed by atoms with Gasteiger partial charge in [-0.05, 0) is 122 Å². The van der Waals surface area contributed by atoms with E-state index < -0.39 is 6.10 Å². The Labute approximate surface area is 419 Å². The van der Waals surface area contributed by atoms with E-state index in [0.717, 1.165) is 103 Å². The number of hydrogen-bond acceptors (Lipinski definition) is 5. The summed E-state index contributed by atoms with van der Waals surface area (Å²) in [6.07, 6.45) is 82.0. The Morgan fingerprint density at radius 2 is 0.691 bits per heavy atom. The molecule has 0 aliphatic carbocycles. The Morgan fingerprint density at radius 3 is 1.12 bits per heavy atom. The quantitative estimate of drug-likeness (QED) is 0.0345. The van der Waals surface area contributed by atoms with Gasteiger partial charge in [-0.1, -0.05) is 225 Å². The molecule has 68 heavy (non-hydrogen) atoms. The molecule has 1 atom stereocenters. The molecule has 0 saturated carbocycles. The highest BCUT2D eigenvalue weighted by molar-refractivity contribution is 5.70. The lowest BCUT2D eigenvalue weighted by atomic mass is 10.1. The van der Waals surface area contributed by atoms with Crippen LogP contribution in [0.3, 0.4) is 0 Å². The SMILES string of the molecule is CC/C=C\C/C=C\C/C=C\C/C=C\CCCCCCCCC(=O)OCC(COCCCCCCCCC/C=C\C/C=C\C/C=C\CCCCC)OC(=O)CC/C=C\C/C=C\C/C=C\C/C=C\CC. The number of unbranched alkanes of at least 4 members (excludes halogenated alkanes) is 16. The second kappa shape index (κ2) is 57.4. The van der Waals surface area contributed by atoms with Gasteiger partial charge in [-0.2, -0.15) is 0 Å². The van der Waals surface area contributed by atoms with Crippen LogP contribution >= 0.6 is 0 Å². The van der Waals surface area contributed by atoms with Crippen LogP contribution in [0, 0.1) is 0 Å². The van der Waals surface area contributed by atoms with Crippen molar-refractivity contribution in [2.45, 2.75) is 232 Å². The second-order valence-electron chi connectivity index (χ2n) is 17.7. The molecule has 0 N–H and O–H groups in total. The van der Waals surface area contributed by atoms with Gasteiger partial charge in [0.05, 0.1) is 6.61 Å². The Balaban J connectivity index is 4.39. The largest absolute Gasteiger partial charge is 0.462 e. The van der Waals surface area contributed by atoms with E-state index in [9.17, 15) is 9.59 Å². The van der Waals surface area contributed by atoms with Gasteiger partial charge in [-0.15, -0.1) is 0 Å². The maximum absolute atomic E-state index is 12.8. The third kappa shape index (κ3) is 54.6. The van der Waals surface area contributed by atoms with Gasteiger partial charge < -0.3 is 14.2 Å². The van der Waals surface area contributed by atoms with Crippen LogP contribution in [0.2, 0.25) is 0 Å². The van der Waals surface area contributed by atoms with Gasteiger partial charge in [0.2, 0.25) is 0 Å². The molecule has 0 spiro atoms. The van der Waals surface area contributed by atoms with E-state index in [1.54, 1.807) is 0 Å². The minimum absolute atomic E-state index is 0.0363. The molecule has 5 heteroatoms. The van der Waals surface area contributed by atoms with E-state index in [4.69, 9.17) is 14.2 Å². The van der Waals surface area contributed by atoms with E-state index in [-0.39, 0.29) is 31.6 Å². The minimum Gasteiger partial charge on any atom is -0.462 e. The first-order chi connectivity index (χ1) is 33.6. The number of hydrogen-bond donors (Lipinski definition) is 0. The van der Waals surface area contributed by atoms with Crippen molar-refractivity contribution < 1.29 is 23.8 Å². The van der Waals surface area contributed by atoms with Crippen molar-refractivity contribution in [3.05, 3.63) is 134 Å². The zero-order valence-corrected chi connectivity index (χ0v) is 44.1. The average molecular weight is 940 g/mol. The van der Waals surface area contributed by atoms with E-state index in [1.807, 2.05) is 6.08 Å². The Hall–Kier alpha value is -3.96. The van der Waals surface area contributed by atoms with Crippen molar-refractivity contribution in [3.63, 3.8) is 0 Å². The summed E-state index contributed by atoms with van der Waals surface area (Å²) in [7, 11) is 0. The van der Waals surface area contributed by atoms with Crippen molar-refractivity contribution in [2.75, 3.05) is 19.8 Å². The second-order valence-corrected chi connectivity index (χ2v) is 17.7. The van der Waals surface area contributed by atoms with Crippen molar-refractivity contribution in [2.24, 2.45) is 0 Å². The fraction of sp³-hybridized carbons (Fsp3) is 0.619. The summed E-state index contributed by atoms with van der Waals surface area (Å²) in [5.41, 5.74) is 0. The Bertz CT molecular complexity index is 1430. The maximum Gasteiger partial charge on any atom is 0.306 e. The summed E-state index contributed by atoms with van der Waals surface area (Å²) >= 11 is 0. The van der Waals surface area contributed by atoms with E-state index in [1.165, 1.54) is 83.5 Å². The van der Waals surface area contributed by atoms with Crippen molar-refractivity contribution in [1.82, 2.24) is 0 Å². The molecule has 0 rings (SSSR count). The molecule has 0 aromatic carbocycles. The van der Waals surface area contributed by atoms with Gasteiger partial charge in [0.1, 0.15) is 6.61 Å². The summed E-state index contributed by atoms with van der Waals surface area (Å²) in [5, 5.41) is 0. The van der Waals surface area contributed by atoms with E-state index in [2.05, 4.69) is 148 Å². The van der Waals surface area contributed by atoms with Crippen LogP contribution in [-0.4, -0.2) is 37.9 Å². The summed E-state index contributed by atoms with van der Waals surface area (Å²) in [4.78, 5) is 25.4. The van der Waals surface area contributed by atoms with Crippen molar-refractivity contribution in [1.29, 1.82) is 0 Å². The molecule has 0 bridgehead atoms. The molecule has 0 aromatic heterocycles. The van der Waals surface area contributed by atoms with Crippen LogP contribution in [0.1, 0.15) is 226 Å². The molecule has 384 valence electrons. The van der Waals surface area contributed by atoms with Crippen LogP contribution in [0.5, 0.6) is 0 Å². The van der Waals surface area contributed by atoms with Crippen molar-refractivity contribution >= 4 is 11.9 Å². The first kappa shape index (κ1) is 64.0.